The van der Waals surface area contributed by atoms with Crippen molar-refractivity contribution in [2.45, 2.75) is 38.9 Å². The molecule has 7 nitrogen and oxygen atoms in total. The highest BCUT2D eigenvalue weighted by atomic mass is 19.4. The molecule has 148 valence electrons. The summed E-state index contributed by atoms with van der Waals surface area (Å²) in [6, 6.07) is 2.83. The lowest BCUT2D eigenvalue weighted by Gasteiger charge is -2.33. The first-order valence-electron chi connectivity index (χ1n) is 9.04. The average Bonchev–Trinajstić information content (AvgIpc) is 3.28. The second-order valence-electron chi connectivity index (χ2n) is 7.00. The standard InChI is InChI=1S/C18H20F3N7/c1-12-8-13(2)28(24-12)17-10-22-9-16(23-17)26-6-3-4-14(11-26)27-7-5-15(25-27)18(19,20)21/h5,7-10,14H,3-4,6,11H2,1-2H3. The number of alkyl halides is 3. The molecule has 0 radical (unpaired) electrons. The predicted octanol–water partition coefficient (Wildman–Crippen LogP) is 3.34. The van der Waals surface area contributed by atoms with E-state index >= 15 is 0 Å². The van der Waals surface area contributed by atoms with Crippen molar-refractivity contribution >= 4 is 5.82 Å². The molecule has 0 saturated carbocycles. The fraction of sp³-hybridized carbons (Fsp3) is 0.444. The minimum Gasteiger partial charge on any atom is -0.353 e. The van der Waals surface area contributed by atoms with E-state index < -0.39 is 11.9 Å². The van der Waals surface area contributed by atoms with Gasteiger partial charge in [0.15, 0.2) is 11.5 Å². The van der Waals surface area contributed by atoms with Crippen LogP contribution in [-0.2, 0) is 6.18 Å². The summed E-state index contributed by atoms with van der Waals surface area (Å²) < 4.78 is 41.7. The van der Waals surface area contributed by atoms with Gasteiger partial charge in [-0.1, -0.05) is 0 Å². The second-order valence-corrected chi connectivity index (χ2v) is 7.00. The third-order valence-corrected chi connectivity index (χ3v) is 4.83. The topological polar surface area (TPSA) is 64.7 Å². The van der Waals surface area contributed by atoms with Gasteiger partial charge < -0.3 is 4.90 Å². The molecule has 0 aliphatic carbocycles. The van der Waals surface area contributed by atoms with Gasteiger partial charge in [0.25, 0.3) is 0 Å². The zero-order valence-electron chi connectivity index (χ0n) is 15.6. The van der Waals surface area contributed by atoms with Crippen LogP contribution in [0.5, 0.6) is 0 Å². The Balaban J connectivity index is 1.56. The number of hydrogen-bond acceptors (Lipinski definition) is 5. The molecule has 0 aromatic carbocycles. The molecule has 1 atom stereocenters. The van der Waals surface area contributed by atoms with E-state index in [1.807, 2.05) is 24.8 Å². The van der Waals surface area contributed by atoms with E-state index in [0.717, 1.165) is 36.8 Å². The molecule has 4 heterocycles. The number of anilines is 1. The third-order valence-electron chi connectivity index (χ3n) is 4.83. The van der Waals surface area contributed by atoms with Crippen molar-refractivity contribution in [1.82, 2.24) is 29.5 Å². The molecule has 3 aromatic heterocycles. The Bertz CT molecular complexity index is 976. The van der Waals surface area contributed by atoms with E-state index in [2.05, 4.69) is 20.2 Å². The summed E-state index contributed by atoms with van der Waals surface area (Å²) in [6.45, 7) is 5.14. The van der Waals surface area contributed by atoms with Crippen LogP contribution in [0.3, 0.4) is 0 Å². The Kier molecular flexibility index (Phi) is 4.56. The molecule has 1 fully saturated rings. The molecule has 1 unspecified atom stereocenters. The molecular weight excluding hydrogens is 371 g/mol. The fourth-order valence-electron chi connectivity index (χ4n) is 3.53. The summed E-state index contributed by atoms with van der Waals surface area (Å²) in [5.74, 6) is 1.29. The minimum atomic E-state index is -4.43. The van der Waals surface area contributed by atoms with Gasteiger partial charge in [0, 0.05) is 25.0 Å². The molecule has 3 aromatic rings. The highest BCUT2D eigenvalue weighted by molar-refractivity contribution is 5.40. The summed E-state index contributed by atoms with van der Waals surface area (Å²) in [7, 11) is 0. The van der Waals surface area contributed by atoms with Crippen molar-refractivity contribution in [1.29, 1.82) is 0 Å². The Labute approximate surface area is 159 Å². The van der Waals surface area contributed by atoms with Gasteiger partial charge in [-0.15, -0.1) is 0 Å². The van der Waals surface area contributed by atoms with Crippen molar-refractivity contribution in [3.8, 4) is 5.82 Å². The Morgan fingerprint density at radius 2 is 1.89 bits per heavy atom. The molecule has 0 spiro atoms. The number of aromatic nitrogens is 6. The number of halogens is 3. The molecule has 28 heavy (non-hydrogen) atoms. The molecule has 10 heteroatoms. The summed E-state index contributed by atoms with van der Waals surface area (Å²) in [5.41, 5.74) is 0.981. The van der Waals surface area contributed by atoms with Gasteiger partial charge in [0.05, 0.1) is 24.1 Å². The largest absolute Gasteiger partial charge is 0.435 e. The first kappa shape index (κ1) is 18.5. The van der Waals surface area contributed by atoms with Crippen LogP contribution in [0.4, 0.5) is 19.0 Å². The van der Waals surface area contributed by atoms with Crippen LogP contribution in [0.1, 0.15) is 36.0 Å². The molecule has 1 aliphatic rings. The number of aryl methyl sites for hydroxylation is 2. The van der Waals surface area contributed by atoms with Crippen LogP contribution in [0.25, 0.3) is 5.82 Å². The fourth-order valence-corrected chi connectivity index (χ4v) is 3.53. The monoisotopic (exact) mass is 391 g/mol. The Hall–Kier alpha value is -2.91. The number of hydrogen-bond donors (Lipinski definition) is 0. The highest BCUT2D eigenvalue weighted by Gasteiger charge is 2.34. The van der Waals surface area contributed by atoms with Gasteiger partial charge in [-0.3, -0.25) is 9.67 Å². The minimum absolute atomic E-state index is 0.149. The number of piperidine rings is 1. The quantitative estimate of drug-likeness (QED) is 0.685. The smallest absolute Gasteiger partial charge is 0.353 e. The van der Waals surface area contributed by atoms with E-state index in [0.29, 0.717) is 18.2 Å². The van der Waals surface area contributed by atoms with Crippen molar-refractivity contribution in [3.63, 3.8) is 0 Å². The maximum Gasteiger partial charge on any atom is 0.435 e. The molecule has 0 amide bonds. The summed E-state index contributed by atoms with van der Waals surface area (Å²) in [6.07, 6.45) is 1.88. The van der Waals surface area contributed by atoms with E-state index in [-0.39, 0.29) is 6.04 Å². The first-order valence-corrected chi connectivity index (χ1v) is 9.04. The molecule has 0 bridgehead atoms. The van der Waals surface area contributed by atoms with Gasteiger partial charge in [-0.05, 0) is 38.8 Å². The summed E-state index contributed by atoms with van der Waals surface area (Å²) in [4.78, 5) is 11.0. The van der Waals surface area contributed by atoms with Crippen molar-refractivity contribution in [3.05, 3.63) is 47.8 Å². The highest BCUT2D eigenvalue weighted by Crippen LogP contribution is 2.30. The van der Waals surface area contributed by atoms with Crippen LogP contribution < -0.4 is 4.90 Å². The van der Waals surface area contributed by atoms with Gasteiger partial charge in [0.1, 0.15) is 5.82 Å². The lowest BCUT2D eigenvalue weighted by atomic mass is 10.1. The van der Waals surface area contributed by atoms with Crippen LogP contribution >= 0.6 is 0 Å². The molecule has 0 N–H and O–H groups in total. The Morgan fingerprint density at radius 3 is 2.57 bits per heavy atom. The van der Waals surface area contributed by atoms with Crippen LogP contribution in [0.2, 0.25) is 0 Å². The third kappa shape index (κ3) is 3.58. The second kappa shape index (κ2) is 6.92. The van der Waals surface area contributed by atoms with Crippen molar-refractivity contribution < 1.29 is 13.2 Å². The SMILES string of the molecule is Cc1cc(C)n(-c2cncc(N3CCCC(n4ccc(C(F)(F)F)n4)C3)n2)n1. The van der Waals surface area contributed by atoms with Gasteiger partial charge in [-0.2, -0.15) is 23.4 Å². The zero-order valence-corrected chi connectivity index (χ0v) is 15.6. The van der Waals surface area contributed by atoms with Gasteiger partial charge in [0.2, 0.25) is 0 Å². The van der Waals surface area contributed by atoms with Crippen molar-refractivity contribution in [2.75, 3.05) is 18.0 Å². The zero-order chi connectivity index (χ0) is 19.9. The van der Waals surface area contributed by atoms with Crippen LogP contribution in [0, 0.1) is 13.8 Å². The molecule has 4 rings (SSSR count). The lowest BCUT2D eigenvalue weighted by Crippen LogP contribution is -2.37. The summed E-state index contributed by atoms with van der Waals surface area (Å²) in [5, 5.41) is 8.16. The van der Waals surface area contributed by atoms with Crippen LogP contribution in [0.15, 0.2) is 30.7 Å². The maximum atomic E-state index is 12.8. The van der Waals surface area contributed by atoms with Gasteiger partial charge >= 0.3 is 6.18 Å². The normalized spacial score (nSPS) is 17.9. The van der Waals surface area contributed by atoms with E-state index in [1.54, 1.807) is 17.1 Å². The van der Waals surface area contributed by atoms with E-state index in [9.17, 15) is 13.2 Å². The van der Waals surface area contributed by atoms with E-state index in [1.165, 1.54) is 10.9 Å². The predicted molar refractivity (Wildman–Crippen MR) is 96.3 cm³/mol. The van der Waals surface area contributed by atoms with E-state index in [4.69, 9.17) is 0 Å². The molecule has 1 aliphatic heterocycles. The molecular formula is C18H20F3N7. The van der Waals surface area contributed by atoms with Crippen LogP contribution in [-0.4, -0.2) is 42.6 Å². The summed E-state index contributed by atoms with van der Waals surface area (Å²) >= 11 is 0. The van der Waals surface area contributed by atoms with Gasteiger partial charge in [-0.25, -0.2) is 9.67 Å². The Morgan fingerprint density at radius 1 is 1.11 bits per heavy atom. The maximum absolute atomic E-state index is 12.8. The lowest BCUT2D eigenvalue weighted by molar-refractivity contribution is -0.141. The number of rotatable bonds is 3. The first-order chi connectivity index (χ1) is 13.3. The molecule has 1 saturated heterocycles. The number of nitrogens with zero attached hydrogens (tertiary/aromatic N) is 7. The average molecular weight is 391 g/mol. The van der Waals surface area contributed by atoms with Crippen molar-refractivity contribution in [2.24, 2.45) is 0 Å².